The minimum atomic E-state index is -0.481. The summed E-state index contributed by atoms with van der Waals surface area (Å²) >= 11 is 0. The molecule has 184 valence electrons. The summed E-state index contributed by atoms with van der Waals surface area (Å²) in [5, 5.41) is 2.92. The third-order valence-electron chi connectivity index (χ3n) is 6.68. The number of benzene rings is 1. The van der Waals surface area contributed by atoms with Crippen LogP contribution in [0, 0.1) is 11.3 Å². The monoisotopic (exact) mass is 458 g/mol. The number of rotatable bonds is 12. The molecule has 1 saturated carbocycles. The lowest BCUT2D eigenvalue weighted by atomic mass is 9.72. The van der Waals surface area contributed by atoms with E-state index in [0.29, 0.717) is 30.6 Å². The van der Waals surface area contributed by atoms with Crippen LogP contribution in [0.5, 0.6) is 5.75 Å². The summed E-state index contributed by atoms with van der Waals surface area (Å²) in [6.45, 7) is 9.67. The predicted molar refractivity (Wildman–Crippen MR) is 133 cm³/mol. The molecule has 1 aliphatic carbocycles. The normalized spacial score (nSPS) is 17.1. The second kappa shape index (κ2) is 13.4. The number of hydrogen-bond donors (Lipinski definition) is 1. The van der Waals surface area contributed by atoms with Gasteiger partial charge in [0, 0.05) is 13.1 Å². The van der Waals surface area contributed by atoms with Gasteiger partial charge in [0.15, 0.2) is 0 Å². The van der Waals surface area contributed by atoms with Gasteiger partial charge in [0.2, 0.25) is 0 Å². The van der Waals surface area contributed by atoms with Gasteiger partial charge >= 0.3 is 12.1 Å². The molecule has 1 amide bonds. The van der Waals surface area contributed by atoms with Crippen molar-refractivity contribution >= 4 is 12.1 Å². The minimum absolute atomic E-state index is 0.215. The second-order valence-electron chi connectivity index (χ2n) is 9.78. The fourth-order valence-electron chi connectivity index (χ4n) is 5.11. The molecule has 6 heteroatoms. The van der Waals surface area contributed by atoms with Gasteiger partial charge in [-0.1, -0.05) is 57.9 Å². The van der Waals surface area contributed by atoms with Crippen molar-refractivity contribution in [3.63, 3.8) is 0 Å². The molecule has 0 bridgehead atoms. The summed E-state index contributed by atoms with van der Waals surface area (Å²) in [6, 6.07) is 7.84. The molecule has 2 rings (SSSR count). The van der Waals surface area contributed by atoms with Crippen LogP contribution in [0.2, 0.25) is 0 Å². The molecule has 33 heavy (non-hydrogen) atoms. The van der Waals surface area contributed by atoms with Crippen LogP contribution in [0.3, 0.4) is 0 Å². The summed E-state index contributed by atoms with van der Waals surface area (Å²) in [7, 11) is 4.18. The number of carbonyl (C=O) groups excluding carboxylic acids is 2. The molecule has 0 saturated heterocycles. The highest BCUT2D eigenvalue weighted by Gasteiger charge is 2.35. The molecule has 1 fully saturated rings. The van der Waals surface area contributed by atoms with Crippen molar-refractivity contribution in [1.82, 2.24) is 10.2 Å². The zero-order chi connectivity index (χ0) is 24.3. The summed E-state index contributed by atoms with van der Waals surface area (Å²) in [6.07, 6.45) is 7.47. The number of amides is 1. The number of ether oxygens (including phenoxy) is 2. The average Bonchev–Trinajstić information content (AvgIpc) is 2.77. The lowest BCUT2D eigenvalue weighted by Gasteiger charge is -2.36. The molecule has 1 aliphatic rings. The van der Waals surface area contributed by atoms with Crippen LogP contribution in [-0.2, 0) is 9.53 Å². The molecule has 0 spiro atoms. The molecular formula is C27H42N2O4. The molecule has 1 aromatic rings. The van der Waals surface area contributed by atoms with Crippen LogP contribution < -0.4 is 10.1 Å². The fraction of sp³-hybridized carbons (Fsp3) is 0.630. The van der Waals surface area contributed by atoms with Gasteiger partial charge in [0.1, 0.15) is 12.4 Å². The highest BCUT2D eigenvalue weighted by molar-refractivity contribution is 5.72. The van der Waals surface area contributed by atoms with E-state index in [2.05, 4.69) is 50.8 Å². The molecular weight excluding hydrogens is 416 g/mol. The van der Waals surface area contributed by atoms with Crippen molar-refractivity contribution in [2.24, 2.45) is 11.3 Å². The van der Waals surface area contributed by atoms with Gasteiger partial charge in [-0.05, 0) is 68.3 Å². The molecule has 6 nitrogen and oxygen atoms in total. The Hall–Kier alpha value is -2.34. The Balaban J connectivity index is 1.99. The van der Waals surface area contributed by atoms with Crippen molar-refractivity contribution < 1.29 is 19.1 Å². The third kappa shape index (κ3) is 8.84. The summed E-state index contributed by atoms with van der Waals surface area (Å²) in [5.41, 5.74) is 0.914. The third-order valence-corrected chi connectivity index (χ3v) is 6.68. The zero-order valence-electron chi connectivity index (χ0n) is 20.9. The van der Waals surface area contributed by atoms with Crippen LogP contribution in [-0.4, -0.2) is 50.8 Å². The molecule has 0 aliphatic heterocycles. The van der Waals surface area contributed by atoms with E-state index >= 15 is 0 Å². The summed E-state index contributed by atoms with van der Waals surface area (Å²) in [4.78, 5) is 27.1. The van der Waals surface area contributed by atoms with Gasteiger partial charge in [-0.25, -0.2) is 4.79 Å². The standard InChI is InChI=1S/C27H42N2O4/c1-6-16-32-25(30)18-27(14-9-8-10-15-27)20-28-26(31)33-23-13-11-12-22(17-23)24(7-2)21(3)19-29(4)5/h6,11-13,17,21,24H,1,7-10,14-16,18-20H2,2-5H3,(H,28,31). The van der Waals surface area contributed by atoms with Gasteiger partial charge in [-0.2, -0.15) is 0 Å². The Morgan fingerprint density at radius 3 is 2.61 bits per heavy atom. The van der Waals surface area contributed by atoms with Gasteiger partial charge in [0.05, 0.1) is 6.42 Å². The first-order chi connectivity index (χ1) is 15.8. The first-order valence-corrected chi connectivity index (χ1v) is 12.3. The van der Waals surface area contributed by atoms with Crippen LogP contribution in [0.15, 0.2) is 36.9 Å². The Morgan fingerprint density at radius 1 is 1.24 bits per heavy atom. The highest BCUT2D eigenvalue weighted by Crippen LogP contribution is 2.39. The Kier molecular flexibility index (Phi) is 10.9. The van der Waals surface area contributed by atoms with Crippen LogP contribution in [0.4, 0.5) is 4.79 Å². The van der Waals surface area contributed by atoms with Crippen LogP contribution in [0.25, 0.3) is 0 Å². The van der Waals surface area contributed by atoms with Gasteiger partial charge in [0.25, 0.3) is 0 Å². The lowest BCUT2D eigenvalue weighted by molar-refractivity contribution is -0.145. The Bertz CT molecular complexity index is 771. The first kappa shape index (κ1) is 26.9. The molecule has 1 aromatic carbocycles. The van der Waals surface area contributed by atoms with E-state index in [1.807, 2.05) is 18.2 Å². The maximum absolute atomic E-state index is 12.6. The SMILES string of the molecule is C=CCOC(=O)CC1(CNC(=O)Oc2cccc(C(CC)C(C)CN(C)C)c2)CCCCC1. The van der Waals surface area contributed by atoms with Gasteiger partial charge in [-0.15, -0.1) is 0 Å². The van der Waals surface area contributed by atoms with Crippen molar-refractivity contribution in [1.29, 1.82) is 0 Å². The predicted octanol–water partition coefficient (Wildman–Crippen LogP) is 5.54. The number of carbonyl (C=O) groups is 2. The molecule has 1 N–H and O–H groups in total. The van der Waals surface area contributed by atoms with Gasteiger partial charge < -0.3 is 19.7 Å². The molecule has 2 atom stereocenters. The Labute approximate surface area is 199 Å². The van der Waals surface area contributed by atoms with E-state index in [-0.39, 0.29) is 18.0 Å². The number of esters is 1. The molecule has 2 unspecified atom stereocenters. The van der Waals surface area contributed by atoms with Crippen molar-refractivity contribution in [2.45, 2.75) is 64.7 Å². The summed E-state index contributed by atoms with van der Waals surface area (Å²) < 4.78 is 10.8. The largest absolute Gasteiger partial charge is 0.461 e. The Morgan fingerprint density at radius 2 is 1.97 bits per heavy atom. The maximum Gasteiger partial charge on any atom is 0.412 e. The molecule has 0 aromatic heterocycles. The lowest BCUT2D eigenvalue weighted by Crippen LogP contribution is -2.41. The molecule has 0 radical (unpaired) electrons. The summed E-state index contributed by atoms with van der Waals surface area (Å²) in [5.74, 6) is 1.19. The number of hydrogen-bond acceptors (Lipinski definition) is 5. The minimum Gasteiger partial charge on any atom is -0.461 e. The fourth-order valence-corrected chi connectivity index (χ4v) is 5.11. The quantitative estimate of drug-likeness (QED) is 0.329. The second-order valence-corrected chi connectivity index (χ2v) is 9.78. The van der Waals surface area contributed by atoms with E-state index in [0.717, 1.165) is 45.1 Å². The maximum atomic E-state index is 12.6. The number of nitrogens with one attached hydrogen (secondary N) is 1. The molecule has 0 heterocycles. The van der Waals surface area contributed by atoms with E-state index in [1.54, 1.807) is 6.08 Å². The van der Waals surface area contributed by atoms with E-state index < -0.39 is 6.09 Å². The van der Waals surface area contributed by atoms with Crippen molar-refractivity contribution in [3.05, 3.63) is 42.5 Å². The van der Waals surface area contributed by atoms with Crippen LogP contribution in [0.1, 0.15) is 70.3 Å². The number of nitrogens with zero attached hydrogens (tertiary/aromatic N) is 1. The smallest absolute Gasteiger partial charge is 0.412 e. The van der Waals surface area contributed by atoms with Crippen LogP contribution >= 0.6 is 0 Å². The van der Waals surface area contributed by atoms with E-state index in [1.165, 1.54) is 5.56 Å². The van der Waals surface area contributed by atoms with Crippen molar-refractivity contribution in [3.8, 4) is 5.75 Å². The average molecular weight is 459 g/mol. The topological polar surface area (TPSA) is 67.9 Å². The van der Waals surface area contributed by atoms with Gasteiger partial charge in [-0.3, -0.25) is 4.79 Å². The first-order valence-electron chi connectivity index (χ1n) is 12.3. The highest BCUT2D eigenvalue weighted by atomic mass is 16.6. The van der Waals surface area contributed by atoms with E-state index in [9.17, 15) is 9.59 Å². The van der Waals surface area contributed by atoms with E-state index in [4.69, 9.17) is 9.47 Å². The van der Waals surface area contributed by atoms with Crippen molar-refractivity contribution in [2.75, 3.05) is 33.8 Å². The zero-order valence-corrected chi connectivity index (χ0v) is 20.9.